The van der Waals surface area contributed by atoms with Gasteiger partial charge >= 0.3 is 9.05 Å². The van der Waals surface area contributed by atoms with Gasteiger partial charge in [0.2, 0.25) is 0 Å². The molecule has 0 aromatic carbocycles. The highest BCUT2D eigenvalue weighted by molar-refractivity contribution is 6.53. The average Bonchev–Trinajstić information content (AvgIpc) is 2.27. The third kappa shape index (κ3) is 5.76. The van der Waals surface area contributed by atoms with Gasteiger partial charge in [0.05, 0.1) is 0 Å². The second kappa shape index (κ2) is 8.89. The Morgan fingerprint density at radius 3 is 1.75 bits per heavy atom. The second-order valence-electron chi connectivity index (χ2n) is 3.32. The van der Waals surface area contributed by atoms with Crippen LogP contribution in [0.2, 0.25) is 0 Å². The molecule has 96 valence electrons. The molecule has 1 atom stereocenters. The van der Waals surface area contributed by atoms with Crippen LogP contribution >= 0.6 is 0 Å². The summed E-state index contributed by atoms with van der Waals surface area (Å²) in [5, 5.41) is 0. The van der Waals surface area contributed by atoms with E-state index in [-0.39, 0.29) is 5.92 Å². The maximum atomic E-state index is 5.70. The second-order valence-corrected chi connectivity index (χ2v) is 5.48. The Balaban J connectivity index is 4.39. The third-order valence-corrected chi connectivity index (χ3v) is 4.34. The normalized spacial score (nSPS) is 13.8. The van der Waals surface area contributed by atoms with Gasteiger partial charge < -0.3 is 17.7 Å². The number of rotatable bonds is 10. The first-order chi connectivity index (χ1) is 7.64. The third-order valence-electron chi connectivity index (χ3n) is 1.89. The molecular formula is C11H24O4Si. The molecule has 0 saturated carbocycles. The van der Waals surface area contributed by atoms with Gasteiger partial charge in [-0.15, -0.1) is 6.58 Å². The van der Waals surface area contributed by atoms with Crippen molar-refractivity contribution in [2.24, 2.45) is 5.92 Å². The van der Waals surface area contributed by atoms with E-state index < -0.39 is 9.05 Å². The van der Waals surface area contributed by atoms with Crippen molar-refractivity contribution >= 4 is 9.05 Å². The molecular weight excluding hydrogens is 224 g/mol. The van der Waals surface area contributed by atoms with Crippen LogP contribution < -0.4 is 0 Å². The minimum Gasteiger partial charge on any atom is -0.351 e. The highest BCUT2D eigenvalue weighted by atomic mass is 28.4. The van der Waals surface area contributed by atoms with E-state index in [0.29, 0.717) is 26.4 Å². The number of hydrogen-bond donors (Lipinski definition) is 0. The topological polar surface area (TPSA) is 36.9 Å². The maximum absolute atomic E-state index is 5.70. The summed E-state index contributed by atoms with van der Waals surface area (Å²) >= 11 is 0. The molecule has 0 spiro atoms. The molecule has 4 nitrogen and oxygen atoms in total. The largest absolute Gasteiger partial charge is 0.679 e. The zero-order valence-corrected chi connectivity index (χ0v) is 11.8. The Hall–Kier alpha value is -0.203. The molecule has 0 N–H and O–H groups in total. The van der Waals surface area contributed by atoms with Crippen molar-refractivity contribution in [3.63, 3.8) is 0 Å². The van der Waals surface area contributed by atoms with Gasteiger partial charge in [-0.2, -0.15) is 0 Å². The van der Waals surface area contributed by atoms with Crippen LogP contribution in [-0.4, -0.2) is 35.5 Å². The predicted molar refractivity (Wildman–Crippen MR) is 65.9 cm³/mol. The highest BCUT2D eigenvalue weighted by Gasteiger charge is 2.44. The van der Waals surface area contributed by atoms with Crippen LogP contribution in [0.5, 0.6) is 0 Å². The molecule has 0 rings (SSSR count). The molecule has 0 radical (unpaired) electrons. The van der Waals surface area contributed by atoms with Gasteiger partial charge in [0, 0.05) is 26.4 Å². The van der Waals surface area contributed by atoms with E-state index in [1.807, 2.05) is 33.8 Å². The monoisotopic (exact) mass is 248 g/mol. The van der Waals surface area contributed by atoms with Crippen LogP contribution in [0.15, 0.2) is 12.7 Å². The van der Waals surface area contributed by atoms with Crippen molar-refractivity contribution in [3.8, 4) is 0 Å². The average molecular weight is 248 g/mol. The Morgan fingerprint density at radius 1 is 1.00 bits per heavy atom. The Labute approximate surface area is 100 Å². The van der Waals surface area contributed by atoms with Gasteiger partial charge in [-0.25, -0.2) is 0 Å². The summed E-state index contributed by atoms with van der Waals surface area (Å²) in [7, 11) is -2.92. The van der Waals surface area contributed by atoms with Gasteiger partial charge in [-0.3, -0.25) is 0 Å². The molecule has 16 heavy (non-hydrogen) atoms. The van der Waals surface area contributed by atoms with Crippen molar-refractivity contribution in [2.45, 2.75) is 27.7 Å². The fourth-order valence-electron chi connectivity index (χ4n) is 1.08. The maximum Gasteiger partial charge on any atom is 0.679 e. The summed E-state index contributed by atoms with van der Waals surface area (Å²) in [6.45, 7) is 13.5. The summed E-state index contributed by atoms with van der Waals surface area (Å²) in [6.07, 6.45) is 1.84. The molecule has 0 aromatic rings. The molecule has 0 aliphatic heterocycles. The first kappa shape index (κ1) is 15.8. The Morgan fingerprint density at radius 2 is 1.44 bits per heavy atom. The van der Waals surface area contributed by atoms with Crippen LogP contribution in [0.4, 0.5) is 0 Å². The lowest BCUT2D eigenvalue weighted by Gasteiger charge is -2.27. The minimum absolute atomic E-state index is 0.258. The summed E-state index contributed by atoms with van der Waals surface area (Å²) in [6, 6.07) is 0. The lowest BCUT2D eigenvalue weighted by Crippen LogP contribution is -2.50. The first-order valence-corrected chi connectivity index (χ1v) is 7.45. The molecule has 0 amide bonds. The lowest BCUT2D eigenvalue weighted by molar-refractivity contribution is -0.0309. The van der Waals surface area contributed by atoms with Crippen molar-refractivity contribution in [1.82, 2.24) is 0 Å². The van der Waals surface area contributed by atoms with Crippen LogP contribution in [0.1, 0.15) is 27.7 Å². The number of hydrogen-bond acceptors (Lipinski definition) is 4. The van der Waals surface area contributed by atoms with E-state index >= 15 is 0 Å². The van der Waals surface area contributed by atoms with Crippen molar-refractivity contribution < 1.29 is 17.7 Å². The molecule has 0 heterocycles. The first-order valence-electron chi connectivity index (χ1n) is 5.82. The SMILES string of the molecule is C=CC(C)CO[Si](OCC)(OCC)OCC. The van der Waals surface area contributed by atoms with Crippen LogP contribution in [-0.2, 0) is 17.7 Å². The van der Waals surface area contributed by atoms with Crippen molar-refractivity contribution in [2.75, 3.05) is 26.4 Å². The van der Waals surface area contributed by atoms with Gasteiger partial charge in [0.15, 0.2) is 0 Å². The molecule has 0 saturated heterocycles. The van der Waals surface area contributed by atoms with Gasteiger partial charge in [-0.1, -0.05) is 13.0 Å². The molecule has 1 unspecified atom stereocenters. The minimum atomic E-state index is -2.92. The quantitative estimate of drug-likeness (QED) is 0.439. The molecule has 0 fully saturated rings. The van der Waals surface area contributed by atoms with E-state index in [4.69, 9.17) is 17.7 Å². The lowest BCUT2D eigenvalue weighted by atomic mass is 10.2. The summed E-state index contributed by atoms with van der Waals surface area (Å²) in [5.41, 5.74) is 0. The summed E-state index contributed by atoms with van der Waals surface area (Å²) < 4.78 is 22.3. The molecule has 0 aromatic heterocycles. The molecule has 0 aliphatic rings. The van der Waals surface area contributed by atoms with Crippen LogP contribution in [0, 0.1) is 5.92 Å². The summed E-state index contributed by atoms with van der Waals surface area (Å²) in [5.74, 6) is 0.258. The fraction of sp³-hybridized carbons (Fsp3) is 0.818. The van der Waals surface area contributed by atoms with E-state index in [0.717, 1.165) is 0 Å². The molecule has 0 bridgehead atoms. The standard InChI is InChI=1S/C11H24O4Si/c1-6-11(5)10-15-16(12-7-2,13-8-3)14-9-4/h6,11H,1,7-10H2,2-5H3. The van der Waals surface area contributed by atoms with E-state index in [1.54, 1.807) is 0 Å². The summed E-state index contributed by atoms with van der Waals surface area (Å²) in [4.78, 5) is 0. The van der Waals surface area contributed by atoms with E-state index in [9.17, 15) is 0 Å². The van der Waals surface area contributed by atoms with Crippen LogP contribution in [0.3, 0.4) is 0 Å². The Kier molecular flexibility index (Phi) is 8.78. The van der Waals surface area contributed by atoms with Gasteiger partial charge in [0.1, 0.15) is 0 Å². The zero-order chi connectivity index (χ0) is 12.4. The highest BCUT2D eigenvalue weighted by Crippen LogP contribution is 2.13. The van der Waals surface area contributed by atoms with Crippen LogP contribution in [0.25, 0.3) is 0 Å². The van der Waals surface area contributed by atoms with E-state index in [1.165, 1.54) is 0 Å². The Bertz CT molecular complexity index is 170. The molecule has 0 aliphatic carbocycles. The van der Waals surface area contributed by atoms with Gasteiger partial charge in [0.25, 0.3) is 0 Å². The van der Waals surface area contributed by atoms with Crippen molar-refractivity contribution in [1.29, 1.82) is 0 Å². The smallest absolute Gasteiger partial charge is 0.351 e. The van der Waals surface area contributed by atoms with Crippen molar-refractivity contribution in [3.05, 3.63) is 12.7 Å². The zero-order valence-electron chi connectivity index (χ0n) is 10.8. The molecule has 5 heteroatoms. The van der Waals surface area contributed by atoms with Gasteiger partial charge in [-0.05, 0) is 26.7 Å². The van der Waals surface area contributed by atoms with E-state index in [2.05, 4.69) is 6.58 Å². The fourth-order valence-corrected chi connectivity index (χ4v) is 3.11. The predicted octanol–water partition coefficient (Wildman–Crippen LogP) is 2.37.